The number of aromatic nitrogens is 3. The van der Waals surface area contributed by atoms with E-state index < -0.39 is 0 Å². The fraction of sp³-hybridized carbons (Fsp3) is 0.0426. The number of rotatable bonds is 4. The lowest BCUT2D eigenvalue weighted by atomic mass is 9.95. The van der Waals surface area contributed by atoms with Gasteiger partial charge in [-0.2, -0.15) is 0 Å². The topological polar surface area (TPSA) is 22.2 Å². The SMILES string of the molecule is Cc1c(C)n(-c2ccc(-c3nc4ccccn4c3-c3ccccc3)cc2)c2cc3ccc4cc(-c5ccc6ccccc6c5)ccc4c3cc12. The number of pyridine rings is 1. The molecular formula is C47H33N3. The molecule has 0 spiro atoms. The number of hydrogen-bond donors (Lipinski definition) is 0. The van der Waals surface area contributed by atoms with E-state index in [0.717, 1.165) is 33.8 Å². The summed E-state index contributed by atoms with van der Waals surface area (Å²) >= 11 is 0. The maximum Gasteiger partial charge on any atom is 0.137 e. The normalized spacial score (nSPS) is 11.8. The highest BCUT2D eigenvalue weighted by Gasteiger charge is 2.18. The maximum atomic E-state index is 5.08. The van der Waals surface area contributed by atoms with Crippen LogP contribution in [0.25, 0.3) is 88.2 Å². The molecule has 3 aromatic heterocycles. The third-order valence-electron chi connectivity index (χ3n) is 10.5. The first kappa shape index (κ1) is 28.6. The monoisotopic (exact) mass is 639 g/mol. The molecule has 0 saturated heterocycles. The third kappa shape index (κ3) is 4.40. The molecule has 7 aromatic carbocycles. The second-order valence-corrected chi connectivity index (χ2v) is 13.4. The van der Waals surface area contributed by atoms with Crippen LogP contribution in [0.5, 0.6) is 0 Å². The Morgan fingerprint density at radius 3 is 1.94 bits per heavy atom. The minimum atomic E-state index is 0.942. The van der Waals surface area contributed by atoms with Crippen molar-refractivity contribution in [2.45, 2.75) is 13.8 Å². The molecule has 0 fully saturated rings. The van der Waals surface area contributed by atoms with Crippen LogP contribution >= 0.6 is 0 Å². The van der Waals surface area contributed by atoms with E-state index in [9.17, 15) is 0 Å². The Kier molecular flexibility index (Phi) is 6.31. The highest BCUT2D eigenvalue weighted by Crippen LogP contribution is 2.38. The molecule has 50 heavy (non-hydrogen) atoms. The number of nitrogens with zero attached hydrogens (tertiary/aromatic N) is 3. The average molecular weight is 640 g/mol. The first-order valence-corrected chi connectivity index (χ1v) is 17.2. The zero-order chi connectivity index (χ0) is 33.3. The standard InChI is InChI=1S/C47H33N3/c1-30-31(2)50(40-22-19-33(20-23-40)46-47(34-11-4-3-5-12-34)49-25-9-8-14-45(49)48-46)44-28-39-18-17-38-27-37(21-24-41(38)43(39)29-42(30)44)36-16-15-32-10-6-7-13-35(32)26-36/h3-29H,1-2H3. The van der Waals surface area contributed by atoms with E-state index in [2.05, 4.69) is 181 Å². The summed E-state index contributed by atoms with van der Waals surface area (Å²) in [6.45, 7) is 4.48. The number of hydrogen-bond acceptors (Lipinski definition) is 1. The number of fused-ring (bicyclic) bond motifs is 6. The van der Waals surface area contributed by atoms with Crippen LogP contribution in [0.4, 0.5) is 0 Å². The van der Waals surface area contributed by atoms with Crippen molar-refractivity contribution >= 4 is 48.9 Å². The minimum absolute atomic E-state index is 0.942. The lowest BCUT2D eigenvalue weighted by Crippen LogP contribution is -1.97. The maximum absolute atomic E-state index is 5.08. The zero-order valence-electron chi connectivity index (χ0n) is 27.9. The summed E-state index contributed by atoms with van der Waals surface area (Å²) in [5.41, 5.74) is 12.7. The van der Waals surface area contributed by atoms with Crippen LogP contribution in [0.15, 0.2) is 164 Å². The van der Waals surface area contributed by atoms with Gasteiger partial charge >= 0.3 is 0 Å². The summed E-state index contributed by atoms with van der Waals surface area (Å²) < 4.78 is 4.59. The molecule has 3 nitrogen and oxygen atoms in total. The smallest absolute Gasteiger partial charge is 0.137 e. The summed E-state index contributed by atoms with van der Waals surface area (Å²) in [6.07, 6.45) is 2.10. The van der Waals surface area contributed by atoms with Crippen molar-refractivity contribution in [2.75, 3.05) is 0 Å². The van der Waals surface area contributed by atoms with Crippen molar-refractivity contribution in [1.82, 2.24) is 14.0 Å². The Bertz CT molecular complexity index is 2930. The van der Waals surface area contributed by atoms with Crippen LogP contribution < -0.4 is 0 Å². The van der Waals surface area contributed by atoms with Crippen LogP contribution in [0, 0.1) is 13.8 Å². The van der Waals surface area contributed by atoms with Crippen molar-refractivity contribution in [3.05, 3.63) is 175 Å². The second kappa shape index (κ2) is 11.0. The number of aryl methyl sites for hydroxylation is 1. The summed E-state index contributed by atoms with van der Waals surface area (Å²) in [6, 6.07) is 57.1. The van der Waals surface area contributed by atoms with E-state index >= 15 is 0 Å². The van der Waals surface area contributed by atoms with Crippen LogP contribution in [0.3, 0.4) is 0 Å². The average Bonchev–Trinajstić information content (AvgIpc) is 3.68. The van der Waals surface area contributed by atoms with Crippen molar-refractivity contribution in [1.29, 1.82) is 0 Å². The van der Waals surface area contributed by atoms with Crippen molar-refractivity contribution in [3.63, 3.8) is 0 Å². The number of benzene rings is 7. The van der Waals surface area contributed by atoms with E-state index in [1.54, 1.807) is 0 Å². The molecule has 0 atom stereocenters. The Hall–Kier alpha value is -6.45. The lowest BCUT2D eigenvalue weighted by molar-refractivity contribution is 1.04. The van der Waals surface area contributed by atoms with Gasteiger partial charge in [0.15, 0.2) is 0 Å². The van der Waals surface area contributed by atoms with Crippen LogP contribution in [0.2, 0.25) is 0 Å². The van der Waals surface area contributed by atoms with Gasteiger partial charge in [0.2, 0.25) is 0 Å². The largest absolute Gasteiger partial charge is 0.314 e. The third-order valence-corrected chi connectivity index (χ3v) is 10.5. The Balaban J connectivity index is 1.07. The van der Waals surface area contributed by atoms with Gasteiger partial charge in [-0.25, -0.2) is 4.98 Å². The molecule has 3 heterocycles. The molecule has 0 aliphatic rings. The summed E-state index contributed by atoms with van der Waals surface area (Å²) in [4.78, 5) is 5.08. The van der Waals surface area contributed by atoms with E-state index in [1.807, 2.05) is 6.07 Å². The van der Waals surface area contributed by atoms with Crippen molar-refractivity contribution < 1.29 is 0 Å². The Labute approximate surface area is 290 Å². The first-order valence-electron chi connectivity index (χ1n) is 17.2. The van der Waals surface area contributed by atoms with Crippen LogP contribution in [-0.4, -0.2) is 14.0 Å². The molecule has 3 heteroatoms. The van der Waals surface area contributed by atoms with Gasteiger partial charge in [0.1, 0.15) is 5.65 Å². The van der Waals surface area contributed by atoms with E-state index in [4.69, 9.17) is 4.98 Å². The molecule has 0 bridgehead atoms. The van der Waals surface area contributed by atoms with E-state index in [1.165, 1.54) is 65.6 Å². The molecule has 0 unspecified atom stereocenters. The molecule has 10 aromatic rings. The van der Waals surface area contributed by atoms with Gasteiger partial charge in [-0.1, -0.05) is 109 Å². The second-order valence-electron chi connectivity index (χ2n) is 13.4. The van der Waals surface area contributed by atoms with Crippen molar-refractivity contribution in [2.24, 2.45) is 0 Å². The molecule has 0 saturated carbocycles. The molecule has 0 radical (unpaired) electrons. The van der Waals surface area contributed by atoms with Gasteiger partial charge in [0, 0.05) is 34.1 Å². The van der Waals surface area contributed by atoms with Gasteiger partial charge in [0.25, 0.3) is 0 Å². The Morgan fingerprint density at radius 1 is 0.460 bits per heavy atom. The summed E-state index contributed by atoms with van der Waals surface area (Å²) in [7, 11) is 0. The molecule has 0 N–H and O–H groups in total. The van der Waals surface area contributed by atoms with Gasteiger partial charge in [-0.3, -0.25) is 4.40 Å². The molecule has 0 amide bonds. The molecule has 236 valence electrons. The van der Waals surface area contributed by atoms with Crippen LogP contribution in [0.1, 0.15) is 11.3 Å². The highest BCUT2D eigenvalue weighted by atomic mass is 15.0. The zero-order valence-corrected chi connectivity index (χ0v) is 27.9. The fourth-order valence-corrected chi connectivity index (χ4v) is 7.85. The quantitative estimate of drug-likeness (QED) is 0.176. The first-order chi connectivity index (χ1) is 24.6. The predicted molar refractivity (Wildman–Crippen MR) is 210 cm³/mol. The predicted octanol–water partition coefficient (Wildman–Crippen LogP) is 12.4. The van der Waals surface area contributed by atoms with E-state index in [-0.39, 0.29) is 0 Å². The molecule has 10 rings (SSSR count). The minimum Gasteiger partial charge on any atom is -0.314 e. The molecule has 0 aliphatic carbocycles. The Morgan fingerprint density at radius 2 is 1.12 bits per heavy atom. The van der Waals surface area contributed by atoms with Crippen molar-refractivity contribution in [3.8, 4) is 39.3 Å². The van der Waals surface area contributed by atoms with Crippen LogP contribution in [-0.2, 0) is 0 Å². The fourth-order valence-electron chi connectivity index (χ4n) is 7.85. The van der Waals surface area contributed by atoms with Gasteiger partial charge < -0.3 is 4.57 Å². The molecular weight excluding hydrogens is 607 g/mol. The van der Waals surface area contributed by atoms with Gasteiger partial charge in [0.05, 0.1) is 16.9 Å². The number of imidazole rings is 1. The summed E-state index contributed by atoms with van der Waals surface area (Å²) in [5.74, 6) is 0. The van der Waals surface area contributed by atoms with Gasteiger partial charge in [-0.05, 0) is 111 Å². The lowest BCUT2D eigenvalue weighted by Gasteiger charge is -2.12. The summed E-state index contributed by atoms with van der Waals surface area (Å²) in [5, 5.41) is 8.90. The highest BCUT2D eigenvalue weighted by molar-refractivity contribution is 6.13. The van der Waals surface area contributed by atoms with Gasteiger partial charge in [-0.15, -0.1) is 0 Å². The van der Waals surface area contributed by atoms with E-state index in [0.29, 0.717) is 0 Å². The molecule has 0 aliphatic heterocycles.